The summed E-state index contributed by atoms with van der Waals surface area (Å²) in [5.74, 6) is 0.996. The number of carbonyl (C=O) groups excluding carboxylic acids is 1. The van der Waals surface area contributed by atoms with E-state index >= 15 is 0 Å². The lowest BCUT2D eigenvalue weighted by molar-refractivity contribution is -0.121. The number of aromatic nitrogens is 2. The van der Waals surface area contributed by atoms with E-state index in [2.05, 4.69) is 22.2 Å². The molecule has 0 aliphatic rings. The summed E-state index contributed by atoms with van der Waals surface area (Å²) in [6.45, 7) is 4.07. The van der Waals surface area contributed by atoms with Gasteiger partial charge in [-0.1, -0.05) is 43.3 Å². The maximum absolute atomic E-state index is 12.3. The molecule has 3 rings (SSSR count). The lowest BCUT2D eigenvalue weighted by Crippen LogP contribution is -2.28. The van der Waals surface area contributed by atoms with E-state index in [1.807, 2.05) is 55.5 Å². The molecule has 23 heavy (non-hydrogen) atoms. The first-order valence-electron chi connectivity index (χ1n) is 7.97. The highest BCUT2D eigenvalue weighted by molar-refractivity contribution is 5.82. The lowest BCUT2D eigenvalue weighted by atomic mass is 10.1. The Balaban J connectivity index is 1.67. The van der Waals surface area contributed by atoms with Crippen molar-refractivity contribution in [1.29, 1.82) is 0 Å². The van der Waals surface area contributed by atoms with Gasteiger partial charge in [0.05, 0.1) is 23.5 Å². The van der Waals surface area contributed by atoms with Gasteiger partial charge in [-0.05, 0) is 30.2 Å². The highest BCUT2D eigenvalue weighted by Crippen LogP contribution is 2.16. The van der Waals surface area contributed by atoms with Gasteiger partial charge in [-0.3, -0.25) is 4.79 Å². The van der Waals surface area contributed by atoms with Gasteiger partial charge in [0.1, 0.15) is 5.82 Å². The fraction of sp³-hybridized carbons (Fsp3) is 0.263. The summed E-state index contributed by atoms with van der Waals surface area (Å²) in [6.07, 6.45) is 1.24. The van der Waals surface area contributed by atoms with Crippen molar-refractivity contribution in [3.63, 3.8) is 0 Å². The van der Waals surface area contributed by atoms with Gasteiger partial charge >= 0.3 is 0 Å². The van der Waals surface area contributed by atoms with Gasteiger partial charge in [0.15, 0.2) is 0 Å². The molecule has 0 spiro atoms. The topological polar surface area (TPSA) is 57.8 Å². The van der Waals surface area contributed by atoms with Gasteiger partial charge in [0, 0.05) is 6.42 Å². The number of carbonyl (C=O) groups is 1. The normalized spacial score (nSPS) is 12.3. The molecule has 1 atom stereocenters. The highest BCUT2D eigenvalue weighted by Gasteiger charge is 2.10. The molecule has 3 aromatic rings. The molecule has 0 fully saturated rings. The maximum atomic E-state index is 12.3. The SMILES string of the molecule is CCc1nc2ccc(CC(=O)NC(C)c3ccccc3)cc2[nH]1. The Bertz CT molecular complexity index is 808. The number of nitrogens with zero attached hydrogens (tertiary/aromatic N) is 1. The van der Waals surface area contributed by atoms with Crippen molar-refractivity contribution >= 4 is 16.9 Å². The Morgan fingerprint density at radius 1 is 1.22 bits per heavy atom. The second kappa shape index (κ2) is 6.65. The van der Waals surface area contributed by atoms with E-state index < -0.39 is 0 Å². The van der Waals surface area contributed by atoms with Crippen molar-refractivity contribution < 1.29 is 4.79 Å². The molecule has 0 radical (unpaired) electrons. The molecule has 1 unspecified atom stereocenters. The van der Waals surface area contributed by atoms with Crippen LogP contribution in [0, 0.1) is 0 Å². The maximum Gasteiger partial charge on any atom is 0.224 e. The van der Waals surface area contributed by atoms with Crippen molar-refractivity contribution in [2.45, 2.75) is 32.7 Å². The Kier molecular flexibility index (Phi) is 4.42. The third-order valence-corrected chi connectivity index (χ3v) is 3.97. The summed E-state index contributed by atoms with van der Waals surface area (Å²) in [5.41, 5.74) is 4.03. The van der Waals surface area contributed by atoms with Crippen molar-refractivity contribution in [1.82, 2.24) is 15.3 Å². The van der Waals surface area contributed by atoms with Crippen molar-refractivity contribution in [3.05, 3.63) is 65.5 Å². The molecule has 2 aromatic carbocycles. The molecule has 4 nitrogen and oxygen atoms in total. The Morgan fingerprint density at radius 3 is 2.74 bits per heavy atom. The predicted molar refractivity (Wildman–Crippen MR) is 92.2 cm³/mol. The van der Waals surface area contributed by atoms with Crippen LogP contribution in [0.25, 0.3) is 11.0 Å². The van der Waals surface area contributed by atoms with Gasteiger partial charge < -0.3 is 10.3 Å². The van der Waals surface area contributed by atoms with Crippen LogP contribution in [0.5, 0.6) is 0 Å². The predicted octanol–water partition coefficient (Wildman–Crippen LogP) is 3.55. The smallest absolute Gasteiger partial charge is 0.224 e. The highest BCUT2D eigenvalue weighted by atomic mass is 16.1. The van der Waals surface area contributed by atoms with Gasteiger partial charge in [-0.2, -0.15) is 0 Å². The molecule has 0 bridgehead atoms. The number of amides is 1. The minimum absolute atomic E-state index is 0.00581. The number of imidazole rings is 1. The van der Waals surface area contributed by atoms with Gasteiger partial charge in [-0.25, -0.2) is 4.98 Å². The fourth-order valence-corrected chi connectivity index (χ4v) is 2.69. The largest absolute Gasteiger partial charge is 0.349 e. The summed E-state index contributed by atoms with van der Waals surface area (Å²) in [6, 6.07) is 15.9. The standard InChI is InChI=1S/C19H21N3O/c1-3-18-21-16-10-9-14(11-17(16)22-18)12-19(23)20-13(2)15-7-5-4-6-8-15/h4-11,13H,3,12H2,1-2H3,(H,20,23)(H,21,22). The van der Waals surface area contributed by atoms with Gasteiger partial charge in [0.25, 0.3) is 0 Å². The molecule has 0 saturated heterocycles. The number of aromatic amines is 1. The van der Waals surface area contributed by atoms with E-state index in [9.17, 15) is 4.79 Å². The average molecular weight is 307 g/mol. The van der Waals surface area contributed by atoms with E-state index in [1.54, 1.807) is 0 Å². The Morgan fingerprint density at radius 2 is 2.00 bits per heavy atom. The van der Waals surface area contributed by atoms with Crippen molar-refractivity contribution in [2.24, 2.45) is 0 Å². The number of nitrogens with one attached hydrogen (secondary N) is 2. The molecule has 4 heteroatoms. The summed E-state index contributed by atoms with van der Waals surface area (Å²) in [7, 11) is 0. The van der Waals surface area contributed by atoms with Gasteiger partial charge in [-0.15, -0.1) is 0 Å². The van der Waals surface area contributed by atoms with Crippen LogP contribution in [0.15, 0.2) is 48.5 Å². The van der Waals surface area contributed by atoms with Crippen LogP contribution in [-0.4, -0.2) is 15.9 Å². The molecule has 2 N–H and O–H groups in total. The Hall–Kier alpha value is -2.62. The van der Waals surface area contributed by atoms with Crippen LogP contribution < -0.4 is 5.32 Å². The molecular weight excluding hydrogens is 286 g/mol. The van der Waals surface area contributed by atoms with Crippen LogP contribution >= 0.6 is 0 Å². The minimum Gasteiger partial charge on any atom is -0.349 e. The summed E-state index contributed by atoms with van der Waals surface area (Å²) < 4.78 is 0. The molecule has 1 heterocycles. The summed E-state index contributed by atoms with van der Waals surface area (Å²) in [5, 5.41) is 3.04. The van der Waals surface area contributed by atoms with E-state index in [-0.39, 0.29) is 11.9 Å². The van der Waals surface area contributed by atoms with E-state index in [0.29, 0.717) is 6.42 Å². The summed E-state index contributed by atoms with van der Waals surface area (Å²) in [4.78, 5) is 20.0. The van der Waals surface area contributed by atoms with Crippen molar-refractivity contribution in [2.75, 3.05) is 0 Å². The first-order valence-corrected chi connectivity index (χ1v) is 7.97. The van der Waals surface area contributed by atoms with Crippen molar-refractivity contribution in [3.8, 4) is 0 Å². The second-order valence-corrected chi connectivity index (χ2v) is 5.77. The van der Waals surface area contributed by atoms with Crippen LogP contribution in [0.1, 0.15) is 36.8 Å². The number of benzene rings is 2. The molecule has 0 aliphatic heterocycles. The average Bonchev–Trinajstić information content (AvgIpc) is 2.98. The van der Waals surface area contributed by atoms with Crippen LogP contribution in [-0.2, 0) is 17.6 Å². The molecule has 0 aliphatic carbocycles. The molecule has 0 saturated carbocycles. The third-order valence-electron chi connectivity index (χ3n) is 3.97. The van der Waals surface area contributed by atoms with Crippen LogP contribution in [0.3, 0.4) is 0 Å². The molecular formula is C19H21N3O. The number of fused-ring (bicyclic) bond motifs is 1. The minimum atomic E-state index is 0.00581. The second-order valence-electron chi connectivity index (χ2n) is 5.77. The van der Waals surface area contributed by atoms with E-state index in [0.717, 1.165) is 34.4 Å². The first kappa shape index (κ1) is 15.3. The van der Waals surface area contributed by atoms with Crippen LogP contribution in [0.4, 0.5) is 0 Å². The molecule has 1 aromatic heterocycles. The number of aryl methyl sites for hydroxylation is 1. The van der Waals surface area contributed by atoms with E-state index in [1.165, 1.54) is 0 Å². The van der Waals surface area contributed by atoms with Crippen LogP contribution in [0.2, 0.25) is 0 Å². The zero-order valence-corrected chi connectivity index (χ0v) is 13.5. The number of rotatable bonds is 5. The monoisotopic (exact) mass is 307 g/mol. The quantitative estimate of drug-likeness (QED) is 0.757. The summed E-state index contributed by atoms with van der Waals surface area (Å²) >= 11 is 0. The van der Waals surface area contributed by atoms with E-state index in [4.69, 9.17) is 0 Å². The zero-order chi connectivity index (χ0) is 16.2. The first-order chi connectivity index (χ1) is 11.2. The number of H-pyrrole nitrogens is 1. The van der Waals surface area contributed by atoms with Gasteiger partial charge in [0.2, 0.25) is 5.91 Å². The molecule has 118 valence electrons. The Labute approximate surface area is 136 Å². The fourth-order valence-electron chi connectivity index (χ4n) is 2.69. The third kappa shape index (κ3) is 3.59. The molecule has 1 amide bonds. The number of hydrogen-bond donors (Lipinski definition) is 2. The number of hydrogen-bond acceptors (Lipinski definition) is 2. The zero-order valence-electron chi connectivity index (χ0n) is 13.5. The lowest BCUT2D eigenvalue weighted by Gasteiger charge is -2.14.